The first-order valence-electron chi connectivity index (χ1n) is 6.28. The number of nitrogens with one attached hydrogen (secondary N) is 1. The van der Waals surface area contributed by atoms with E-state index in [1.165, 1.54) is 18.2 Å². The molecule has 0 radical (unpaired) electrons. The lowest BCUT2D eigenvalue weighted by atomic mass is 10.2. The van der Waals surface area contributed by atoms with Crippen LogP contribution in [0.5, 0.6) is 0 Å². The first-order valence-corrected chi connectivity index (χ1v) is 7.77. The van der Waals surface area contributed by atoms with Crippen molar-refractivity contribution in [1.29, 1.82) is 0 Å². The van der Waals surface area contributed by atoms with Crippen molar-refractivity contribution in [3.05, 3.63) is 59.9 Å². The van der Waals surface area contributed by atoms with E-state index in [1.54, 1.807) is 0 Å². The second kappa shape index (κ2) is 6.99. The smallest absolute Gasteiger partial charge is 0.237 e. The van der Waals surface area contributed by atoms with Gasteiger partial charge >= 0.3 is 0 Å². The number of benzene rings is 2. The maximum absolute atomic E-state index is 13.0. The maximum atomic E-state index is 13.0. The summed E-state index contributed by atoms with van der Waals surface area (Å²) in [5, 5.41) is 2.55. The number of carbonyl (C=O) groups excluding carboxylic acids is 1. The number of amides is 1. The lowest BCUT2D eigenvalue weighted by molar-refractivity contribution is -0.113. The predicted octanol–water partition coefficient (Wildman–Crippen LogP) is 2.30. The molecule has 0 aliphatic heterocycles. The first kappa shape index (κ1) is 15.2. The van der Waals surface area contributed by atoms with E-state index in [-0.39, 0.29) is 11.4 Å². The molecule has 0 saturated heterocycles. The van der Waals surface area contributed by atoms with Gasteiger partial charge in [-0.2, -0.15) is 0 Å². The van der Waals surface area contributed by atoms with E-state index in [0.717, 1.165) is 5.56 Å². The van der Waals surface area contributed by atoms with Gasteiger partial charge in [0.05, 0.1) is 5.69 Å². The third-order valence-corrected chi connectivity index (χ3v) is 3.98. The zero-order valence-electron chi connectivity index (χ0n) is 11.2. The summed E-state index contributed by atoms with van der Waals surface area (Å²) in [6.07, 6.45) is 0. The molecule has 0 heterocycles. The lowest BCUT2D eigenvalue weighted by Gasteiger charge is -2.06. The third-order valence-electron chi connectivity index (χ3n) is 2.74. The van der Waals surface area contributed by atoms with Gasteiger partial charge in [0, 0.05) is 22.2 Å². The number of hydrogen-bond acceptors (Lipinski definition) is 3. The standard InChI is InChI=1S/C15H15FN2O2S/c16-13-7-6-12(8-14(13)17)18-15(19)10-21(20)9-11-4-2-1-3-5-11/h1-8H,9-10,17H2,(H,18,19). The Morgan fingerprint density at radius 1 is 1.19 bits per heavy atom. The topological polar surface area (TPSA) is 72.2 Å². The minimum Gasteiger partial charge on any atom is -0.396 e. The number of rotatable bonds is 5. The average molecular weight is 306 g/mol. The molecule has 1 amide bonds. The third kappa shape index (κ3) is 4.68. The normalized spacial score (nSPS) is 11.9. The highest BCUT2D eigenvalue weighted by atomic mass is 32.2. The molecule has 0 saturated carbocycles. The van der Waals surface area contributed by atoms with Crippen LogP contribution in [0.15, 0.2) is 48.5 Å². The summed E-state index contributed by atoms with van der Waals surface area (Å²) in [7, 11) is -1.30. The van der Waals surface area contributed by atoms with Gasteiger partial charge in [0.1, 0.15) is 11.6 Å². The minimum absolute atomic E-state index is 0.0433. The Kier molecular flexibility index (Phi) is 5.05. The number of nitrogen functional groups attached to an aromatic ring is 1. The van der Waals surface area contributed by atoms with Crippen LogP contribution in [0, 0.1) is 5.82 Å². The van der Waals surface area contributed by atoms with E-state index in [0.29, 0.717) is 11.4 Å². The number of anilines is 2. The van der Waals surface area contributed by atoms with Crippen molar-refractivity contribution < 1.29 is 13.4 Å². The highest BCUT2D eigenvalue weighted by molar-refractivity contribution is 7.84. The molecule has 3 N–H and O–H groups in total. The average Bonchev–Trinajstić information content (AvgIpc) is 2.43. The number of hydrogen-bond donors (Lipinski definition) is 2. The molecule has 0 spiro atoms. The summed E-state index contributed by atoms with van der Waals surface area (Å²) >= 11 is 0. The molecule has 0 bridgehead atoms. The number of carbonyl (C=O) groups is 1. The van der Waals surface area contributed by atoms with Crippen molar-refractivity contribution in [3.8, 4) is 0 Å². The number of halogens is 1. The molecule has 0 fully saturated rings. The second-order valence-corrected chi connectivity index (χ2v) is 5.96. The maximum Gasteiger partial charge on any atom is 0.237 e. The summed E-state index contributed by atoms with van der Waals surface area (Å²) < 4.78 is 24.9. The van der Waals surface area contributed by atoms with E-state index in [1.807, 2.05) is 30.3 Å². The van der Waals surface area contributed by atoms with Gasteiger partial charge in [-0.15, -0.1) is 0 Å². The molecule has 2 aromatic rings. The van der Waals surface area contributed by atoms with Crippen LogP contribution in [0.25, 0.3) is 0 Å². The number of nitrogens with two attached hydrogens (primary N) is 1. The lowest BCUT2D eigenvalue weighted by Crippen LogP contribution is -2.20. The van der Waals surface area contributed by atoms with Crippen LogP contribution in [0.1, 0.15) is 5.56 Å². The predicted molar refractivity (Wildman–Crippen MR) is 82.6 cm³/mol. The molecular formula is C15H15FN2O2S. The molecule has 1 unspecified atom stereocenters. The van der Waals surface area contributed by atoms with Crippen LogP contribution in [-0.2, 0) is 21.3 Å². The van der Waals surface area contributed by atoms with Crippen molar-refractivity contribution in [1.82, 2.24) is 0 Å². The van der Waals surface area contributed by atoms with Gasteiger partial charge in [-0.25, -0.2) is 4.39 Å². The zero-order chi connectivity index (χ0) is 15.2. The van der Waals surface area contributed by atoms with E-state index >= 15 is 0 Å². The van der Waals surface area contributed by atoms with Gasteiger partial charge in [0.15, 0.2) is 0 Å². The molecule has 0 aliphatic carbocycles. The Balaban J connectivity index is 1.89. The summed E-state index contributed by atoms with van der Waals surface area (Å²) in [6.45, 7) is 0. The van der Waals surface area contributed by atoms with Crippen LogP contribution in [-0.4, -0.2) is 15.9 Å². The van der Waals surface area contributed by atoms with Gasteiger partial charge in [-0.05, 0) is 23.8 Å². The molecule has 6 heteroatoms. The quantitative estimate of drug-likeness (QED) is 0.833. The second-order valence-electron chi connectivity index (χ2n) is 4.50. The van der Waals surface area contributed by atoms with Crippen molar-refractivity contribution in [2.45, 2.75) is 5.75 Å². The van der Waals surface area contributed by atoms with Crippen LogP contribution >= 0.6 is 0 Å². The highest BCUT2D eigenvalue weighted by Crippen LogP contribution is 2.16. The van der Waals surface area contributed by atoms with Crippen LogP contribution < -0.4 is 11.1 Å². The molecular weight excluding hydrogens is 291 g/mol. The van der Waals surface area contributed by atoms with Gasteiger partial charge in [0.2, 0.25) is 5.91 Å². The monoisotopic (exact) mass is 306 g/mol. The van der Waals surface area contributed by atoms with Crippen LogP contribution in [0.4, 0.5) is 15.8 Å². The van der Waals surface area contributed by atoms with E-state index < -0.39 is 22.5 Å². The minimum atomic E-state index is -1.30. The summed E-state index contributed by atoms with van der Waals surface area (Å²) in [5.74, 6) is -0.734. The zero-order valence-corrected chi connectivity index (χ0v) is 12.0. The Morgan fingerprint density at radius 3 is 2.57 bits per heavy atom. The fraction of sp³-hybridized carbons (Fsp3) is 0.133. The molecule has 1 atom stereocenters. The van der Waals surface area contributed by atoms with Gasteiger partial charge in [-0.3, -0.25) is 9.00 Å². The highest BCUT2D eigenvalue weighted by Gasteiger charge is 2.10. The molecule has 4 nitrogen and oxygen atoms in total. The van der Waals surface area contributed by atoms with Crippen LogP contribution in [0.2, 0.25) is 0 Å². The summed E-state index contributed by atoms with van der Waals surface area (Å²) in [4.78, 5) is 11.8. The van der Waals surface area contributed by atoms with Gasteiger partial charge in [-0.1, -0.05) is 30.3 Å². The molecule has 0 aliphatic rings. The summed E-state index contributed by atoms with van der Waals surface area (Å²) in [5.41, 5.74) is 6.67. The summed E-state index contributed by atoms with van der Waals surface area (Å²) in [6, 6.07) is 13.2. The SMILES string of the molecule is Nc1cc(NC(=O)CS(=O)Cc2ccccc2)ccc1F. The molecule has 21 heavy (non-hydrogen) atoms. The van der Waals surface area contributed by atoms with E-state index in [2.05, 4.69) is 5.32 Å². The van der Waals surface area contributed by atoms with Crippen molar-refractivity contribution >= 4 is 28.1 Å². The molecule has 110 valence electrons. The van der Waals surface area contributed by atoms with Crippen LogP contribution in [0.3, 0.4) is 0 Å². The molecule has 2 aromatic carbocycles. The fourth-order valence-corrected chi connectivity index (χ4v) is 2.81. The van der Waals surface area contributed by atoms with Crippen molar-refractivity contribution in [2.75, 3.05) is 16.8 Å². The van der Waals surface area contributed by atoms with E-state index in [9.17, 15) is 13.4 Å². The Labute approximate surface area is 124 Å². The molecule has 2 rings (SSSR count). The Hall–Kier alpha value is -2.21. The Morgan fingerprint density at radius 2 is 1.90 bits per heavy atom. The van der Waals surface area contributed by atoms with Crippen molar-refractivity contribution in [3.63, 3.8) is 0 Å². The van der Waals surface area contributed by atoms with Crippen molar-refractivity contribution in [2.24, 2.45) is 0 Å². The largest absolute Gasteiger partial charge is 0.396 e. The van der Waals surface area contributed by atoms with Gasteiger partial charge < -0.3 is 11.1 Å². The van der Waals surface area contributed by atoms with E-state index in [4.69, 9.17) is 5.73 Å². The first-order chi connectivity index (χ1) is 10.0. The fourth-order valence-electron chi connectivity index (χ4n) is 1.78. The Bertz CT molecular complexity index is 662. The molecule has 0 aromatic heterocycles. The van der Waals surface area contributed by atoms with Gasteiger partial charge in [0.25, 0.3) is 0 Å².